The third-order valence-electron chi connectivity index (χ3n) is 3.84. The highest BCUT2D eigenvalue weighted by Gasteiger charge is 2.27. The van der Waals surface area contributed by atoms with E-state index >= 15 is 0 Å². The summed E-state index contributed by atoms with van der Waals surface area (Å²) in [4.78, 5) is 11.1. The molecule has 1 aromatic heterocycles. The summed E-state index contributed by atoms with van der Waals surface area (Å²) in [5, 5.41) is 13.6. The maximum Gasteiger partial charge on any atom is 0.306 e. The number of nitrogens with zero attached hydrogens (tertiary/aromatic N) is 2. The largest absolute Gasteiger partial charge is 0.481 e. The first kappa shape index (κ1) is 12.0. The van der Waals surface area contributed by atoms with Crippen LogP contribution in [-0.2, 0) is 17.6 Å². The summed E-state index contributed by atoms with van der Waals surface area (Å²) in [6.07, 6.45) is 3.88. The second-order valence-corrected chi connectivity index (χ2v) is 5.09. The smallest absolute Gasteiger partial charge is 0.306 e. The van der Waals surface area contributed by atoms with Crippen LogP contribution < -0.4 is 0 Å². The molecule has 0 radical (unpaired) electrons. The van der Waals surface area contributed by atoms with E-state index in [0.29, 0.717) is 12.8 Å². The maximum atomic E-state index is 11.1. The quantitative estimate of drug-likeness (QED) is 0.897. The lowest BCUT2D eigenvalue weighted by molar-refractivity contribution is -0.142. The number of carboxylic acid groups (broad SMARTS) is 1. The fourth-order valence-corrected chi connectivity index (χ4v) is 2.74. The predicted octanol–water partition coefficient (Wildman–Crippen LogP) is 2.37. The molecule has 0 fully saturated rings. The van der Waals surface area contributed by atoms with Crippen molar-refractivity contribution >= 4 is 5.97 Å². The molecule has 19 heavy (non-hydrogen) atoms. The number of para-hydroxylation sites is 1. The van der Waals surface area contributed by atoms with Gasteiger partial charge in [0.1, 0.15) is 0 Å². The summed E-state index contributed by atoms with van der Waals surface area (Å²) in [6, 6.07) is 8.12. The molecule has 0 saturated carbocycles. The molecule has 0 unspecified atom stereocenters. The van der Waals surface area contributed by atoms with Gasteiger partial charge >= 0.3 is 5.97 Å². The fraction of sp³-hybridized carbons (Fsp3) is 0.333. The molecule has 0 amide bonds. The second kappa shape index (κ2) is 4.53. The molecule has 0 aliphatic heterocycles. The van der Waals surface area contributed by atoms with Gasteiger partial charge in [-0.15, -0.1) is 0 Å². The predicted molar refractivity (Wildman–Crippen MR) is 71.5 cm³/mol. The molecule has 1 atom stereocenters. The summed E-state index contributed by atoms with van der Waals surface area (Å²) < 4.78 is 1.96. The molecule has 1 N–H and O–H groups in total. The Hall–Kier alpha value is -2.10. The highest BCUT2D eigenvalue weighted by Crippen LogP contribution is 2.28. The molecule has 98 valence electrons. The maximum absolute atomic E-state index is 11.1. The number of carbonyl (C=O) groups is 1. The average Bonchev–Trinajstić information content (AvgIpc) is 2.82. The van der Waals surface area contributed by atoms with Crippen LogP contribution in [0.5, 0.6) is 0 Å². The van der Waals surface area contributed by atoms with Crippen molar-refractivity contribution in [1.82, 2.24) is 9.78 Å². The van der Waals surface area contributed by atoms with Crippen molar-refractivity contribution < 1.29 is 9.90 Å². The highest BCUT2D eigenvalue weighted by atomic mass is 16.4. The Balaban J connectivity index is 2.00. The summed E-state index contributed by atoms with van der Waals surface area (Å²) in [5.74, 6) is -0.962. The molecule has 1 aliphatic carbocycles. The number of benzene rings is 1. The number of aromatic nitrogens is 2. The zero-order valence-corrected chi connectivity index (χ0v) is 10.8. The first-order chi connectivity index (χ1) is 9.16. The zero-order valence-electron chi connectivity index (χ0n) is 10.8. The Labute approximate surface area is 111 Å². The number of hydrogen-bond acceptors (Lipinski definition) is 2. The van der Waals surface area contributed by atoms with Gasteiger partial charge in [0.15, 0.2) is 0 Å². The number of rotatable bonds is 2. The van der Waals surface area contributed by atoms with Gasteiger partial charge in [-0.1, -0.05) is 18.2 Å². The van der Waals surface area contributed by atoms with Gasteiger partial charge < -0.3 is 5.11 Å². The second-order valence-electron chi connectivity index (χ2n) is 5.09. The monoisotopic (exact) mass is 256 g/mol. The van der Waals surface area contributed by atoms with E-state index in [9.17, 15) is 4.79 Å². The minimum absolute atomic E-state index is 0.262. The van der Waals surface area contributed by atoms with Gasteiger partial charge in [-0.25, -0.2) is 4.68 Å². The van der Waals surface area contributed by atoms with E-state index in [4.69, 9.17) is 5.11 Å². The molecular weight excluding hydrogens is 240 g/mol. The Morgan fingerprint density at radius 1 is 1.42 bits per heavy atom. The summed E-state index contributed by atoms with van der Waals surface area (Å²) in [6.45, 7) is 2.06. The van der Waals surface area contributed by atoms with Crippen molar-refractivity contribution in [2.75, 3.05) is 0 Å². The molecule has 1 aromatic carbocycles. The lowest BCUT2D eigenvalue weighted by Crippen LogP contribution is -2.22. The van der Waals surface area contributed by atoms with E-state index in [2.05, 4.69) is 18.1 Å². The topological polar surface area (TPSA) is 55.1 Å². The van der Waals surface area contributed by atoms with E-state index in [1.807, 2.05) is 29.1 Å². The Kier molecular flexibility index (Phi) is 2.85. The third kappa shape index (κ3) is 2.03. The molecule has 4 nitrogen and oxygen atoms in total. The lowest BCUT2D eigenvalue weighted by atomic mass is 9.88. The molecule has 2 aromatic rings. The third-order valence-corrected chi connectivity index (χ3v) is 3.84. The van der Waals surface area contributed by atoms with Gasteiger partial charge in [-0.3, -0.25) is 4.79 Å². The summed E-state index contributed by atoms with van der Waals surface area (Å²) in [7, 11) is 0. The van der Waals surface area contributed by atoms with Crippen LogP contribution in [0.3, 0.4) is 0 Å². The highest BCUT2D eigenvalue weighted by molar-refractivity contribution is 5.71. The van der Waals surface area contributed by atoms with Crippen molar-refractivity contribution in [1.29, 1.82) is 0 Å². The molecular formula is C15H16N2O2. The van der Waals surface area contributed by atoms with E-state index < -0.39 is 5.97 Å². The van der Waals surface area contributed by atoms with Gasteiger partial charge in [0.05, 0.1) is 17.8 Å². The summed E-state index contributed by atoms with van der Waals surface area (Å²) in [5.41, 5.74) is 4.49. The first-order valence-electron chi connectivity index (χ1n) is 6.51. The molecule has 0 saturated heterocycles. The van der Waals surface area contributed by atoms with Crippen LogP contribution in [0.4, 0.5) is 0 Å². The van der Waals surface area contributed by atoms with Crippen LogP contribution in [0.1, 0.15) is 23.2 Å². The Morgan fingerprint density at radius 3 is 2.95 bits per heavy atom. The average molecular weight is 256 g/mol. The lowest BCUT2D eigenvalue weighted by Gasteiger charge is -2.20. The van der Waals surface area contributed by atoms with Crippen LogP contribution in [-0.4, -0.2) is 20.9 Å². The molecule has 1 heterocycles. The van der Waals surface area contributed by atoms with Crippen LogP contribution in [0, 0.1) is 12.8 Å². The van der Waals surface area contributed by atoms with Crippen molar-refractivity contribution in [3.63, 3.8) is 0 Å². The van der Waals surface area contributed by atoms with Gasteiger partial charge in [0, 0.05) is 5.69 Å². The molecule has 0 bridgehead atoms. The van der Waals surface area contributed by atoms with Crippen molar-refractivity contribution in [2.24, 2.45) is 5.92 Å². The minimum Gasteiger partial charge on any atom is -0.481 e. The molecule has 0 spiro atoms. The van der Waals surface area contributed by atoms with Gasteiger partial charge in [-0.05, 0) is 43.4 Å². The van der Waals surface area contributed by atoms with Crippen LogP contribution in [0.25, 0.3) is 5.69 Å². The van der Waals surface area contributed by atoms with Crippen molar-refractivity contribution in [2.45, 2.75) is 26.2 Å². The van der Waals surface area contributed by atoms with Crippen molar-refractivity contribution in [3.05, 3.63) is 47.3 Å². The summed E-state index contributed by atoms with van der Waals surface area (Å²) >= 11 is 0. The number of fused-ring (bicyclic) bond motifs is 1. The molecule has 3 rings (SSSR count). The minimum atomic E-state index is -0.700. The zero-order chi connectivity index (χ0) is 13.4. The van der Waals surface area contributed by atoms with Crippen LogP contribution in [0.2, 0.25) is 0 Å². The first-order valence-corrected chi connectivity index (χ1v) is 6.51. The van der Waals surface area contributed by atoms with Crippen LogP contribution in [0.15, 0.2) is 30.5 Å². The SMILES string of the molecule is Cc1ccccc1-n1ncc2c1CC[C@H](C(=O)O)C2. The Bertz CT molecular complexity index is 631. The van der Waals surface area contributed by atoms with E-state index in [1.54, 1.807) is 0 Å². The van der Waals surface area contributed by atoms with E-state index in [1.165, 1.54) is 5.56 Å². The van der Waals surface area contributed by atoms with Gasteiger partial charge in [0.2, 0.25) is 0 Å². The normalized spacial score (nSPS) is 18.1. The van der Waals surface area contributed by atoms with E-state index in [0.717, 1.165) is 23.4 Å². The molecule has 4 heteroatoms. The van der Waals surface area contributed by atoms with Crippen LogP contribution >= 0.6 is 0 Å². The standard InChI is InChI=1S/C15H16N2O2/c1-10-4-2-3-5-13(10)17-14-7-6-11(15(18)19)8-12(14)9-16-17/h2-5,9,11H,6-8H2,1H3,(H,18,19)/t11-/m0/s1. The number of hydrogen-bond donors (Lipinski definition) is 1. The van der Waals surface area contributed by atoms with Gasteiger partial charge in [0.25, 0.3) is 0 Å². The van der Waals surface area contributed by atoms with Gasteiger partial charge in [-0.2, -0.15) is 5.10 Å². The van der Waals surface area contributed by atoms with Crippen molar-refractivity contribution in [3.8, 4) is 5.69 Å². The number of carboxylic acids is 1. The Morgan fingerprint density at radius 2 is 2.21 bits per heavy atom. The number of aryl methyl sites for hydroxylation is 1. The number of aliphatic carboxylic acids is 1. The van der Waals surface area contributed by atoms with E-state index in [-0.39, 0.29) is 5.92 Å². The fourth-order valence-electron chi connectivity index (χ4n) is 2.74. The molecule has 1 aliphatic rings.